The average Bonchev–Trinajstić information content (AvgIpc) is 2.63. The number of aromatic nitrogens is 2. The number of aliphatic hydroxyl groups is 1. The highest BCUT2D eigenvalue weighted by atomic mass is 32.2. The summed E-state index contributed by atoms with van der Waals surface area (Å²) in [5, 5.41) is 9.85. The Morgan fingerprint density at radius 1 is 1.17 bits per heavy atom. The van der Waals surface area contributed by atoms with E-state index in [2.05, 4.69) is 27.0 Å². The monoisotopic (exact) mass is 345 g/mol. The normalized spacial score (nSPS) is 18.6. The van der Waals surface area contributed by atoms with Gasteiger partial charge in [0.05, 0.1) is 12.7 Å². The highest BCUT2D eigenvalue weighted by molar-refractivity contribution is 7.98. The summed E-state index contributed by atoms with van der Waals surface area (Å²) in [4.78, 5) is 11.3. The van der Waals surface area contributed by atoms with Gasteiger partial charge in [0.25, 0.3) is 0 Å². The second kappa shape index (κ2) is 9.13. The number of hydrogen-bond donors (Lipinski definition) is 1. The number of benzene rings is 1. The molecule has 2 aromatic rings. The molecule has 5 nitrogen and oxygen atoms in total. The first-order valence-corrected chi connectivity index (χ1v) is 9.24. The molecule has 0 radical (unpaired) electrons. The van der Waals surface area contributed by atoms with Gasteiger partial charge in [-0.1, -0.05) is 42.1 Å². The van der Waals surface area contributed by atoms with Crippen molar-refractivity contribution >= 4 is 11.8 Å². The zero-order chi connectivity index (χ0) is 16.6. The number of morpholine rings is 1. The van der Waals surface area contributed by atoms with Crippen molar-refractivity contribution in [3.63, 3.8) is 0 Å². The molecule has 0 bridgehead atoms. The molecule has 0 aliphatic carbocycles. The van der Waals surface area contributed by atoms with E-state index >= 15 is 0 Å². The number of aliphatic hydroxyl groups excluding tert-OH is 1. The van der Waals surface area contributed by atoms with Crippen LogP contribution >= 0.6 is 11.8 Å². The molecule has 3 rings (SSSR count). The minimum atomic E-state index is 0.130. The van der Waals surface area contributed by atoms with Crippen LogP contribution in [0.2, 0.25) is 0 Å². The zero-order valence-electron chi connectivity index (χ0n) is 13.7. The molecule has 2 heterocycles. The first-order chi connectivity index (χ1) is 11.8. The molecule has 1 N–H and O–H groups in total. The van der Waals surface area contributed by atoms with Gasteiger partial charge in [0.2, 0.25) is 0 Å². The minimum absolute atomic E-state index is 0.130. The topological polar surface area (TPSA) is 58.5 Å². The second-order valence-electron chi connectivity index (χ2n) is 5.89. The highest BCUT2D eigenvalue weighted by Gasteiger charge is 2.20. The fourth-order valence-electron chi connectivity index (χ4n) is 2.72. The molecular formula is C18H23N3O2S. The fourth-order valence-corrected chi connectivity index (χ4v) is 3.46. The van der Waals surface area contributed by atoms with Gasteiger partial charge in [0.15, 0.2) is 5.16 Å². The Balaban J connectivity index is 1.49. The summed E-state index contributed by atoms with van der Waals surface area (Å²) in [6.45, 7) is 3.48. The molecule has 1 unspecified atom stereocenters. The Morgan fingerprint density at radius 2 is 1.96 bits per heavy atom. The largest absolute Gasteiger partial charge is 0.396 e. The van der Waals surface area contributed by atoms with Crippen molar-refractivity contribution in [1.82, 2.24) is 14.9 Å². The van der Waals surface area contributed by atoms with Crippen LogP contribution in [0.25, 0.3) is 0 Å². The van der Waals surface area contributed by atoms with E-state index in [1.807, 2.05) is 30.6 Å². The zero-order valence-corrected chi connectivity index (χ0v) is 14.5. The average molecular weight is 345 g/mol. The van der Waals surface area contributed by atoms with Crippen LogP contribution in [0.1, 0.15) is 17.5 Å². The molecule has 1 aliphatic rings. The molecule has 1 fully saturated rings. The van der Waals surface area contributed by atoms with Gasteiger partial charge in [-0.15, -0.1) is 0 Å². The lowest BCUT2D eigenvalue weighted by molar-refractivity contribution is -0.0407. The Kier molecular flexibility index (Phi) is 6.60. The predicted molar refractivity (Wildman–Crippen MR) is 94.8 cm³/mol. The molecule has 128 valence electrons. The summed E-state index contributed by atoms with van der Waals surface area (Å²) >= 11 is 1.65. The van der Waals surface area contributed by atoms with Gasteiger partial charge in [-0.05, 0) is 12.0 Å². The van der Waals surface area contributed by atoms with E-state index in [-0.39, 0.29) is 12.7 Å². The third-order valence-corrected chi connectivity index (χ3v) is 4.92. The van der Waals surface area contributed by atoms with Gasteiger partial charge in [-0.25, -0.2) is 9.97 Å². The number of hydrogen-bond acceptors (Lipinski definition) is 6. The van der Waals surface area contributed by atoms with E-state index in [0.717, 1.165) is 42.7 Å². The molecule has 1 atom stereocenters. The van der Waals surface area contributed by atoms with Gasteiger partial charge >= 0.3 is 0 Å². The summed E-state index contributed by atoms with van der Waals surface area (Å²) in [6.07, 6.45) is 4.65. The van der Waals surface area contributed by atoms with Gasteiger partial charge in [0.1, 0.15) is 0 Å². The lowest BCUT2D eigenvalue weighted by Gasteiger charge is -2.32. The van der Waals surface area contributed by atoms with Crippen molar-refractivity contribution in [2.75, 3.05) is 26.3 Å². The summed E-state index contributed by atoms with van der Waals surface area (Å²) in [7, 11) is 0. The van der Waals surface area contributed by atoms with Crippen molar-refractivity contribution in [3.05, 3.63) is 53.9 Å². The molecule has 1 saturated heterocycles. The lowest BCUT2D eigenvalue weighted by atomic mass is 10.2. The van der Waals surface area contributed by atoms with E-state index < -0.39 is 0 Å². The highest BCUT2D eigenvalue weighted by Crippen LogP contribution is 2.19. The fraction of sp³-hybridized carbons (Fsp3) is 0.444. The summed E-state index contributed by atoms with van der Waals surface area (Å²) < 4.78 is 5.64. The van der Waals surface area contributed by atoms with Gasteiger partial charge < -0.3 is 9.84 Å². The number of rotatable bonds is 7. The SMILES string of the molecule is OCCC1CN(Cc2cnc(SCc3ccccc3)nc2)CCO1. The first kappa shape index (κ1) is 17.4. The van der Waals surface area contributed by atoms with Crippen LogP contribution in [0, 0.1) is 0 Å². The van der Waals surface area contributed by atoms with Crippen LogP contribution < -0.4 is 0 Å². The Labute approximate surface area is 147 Å². The third-order valence-electron chi connectivity index (χ3n) is 3.97. The van der Waals surface area contributed by atoms with Gasteiger partial charge in [-0.3, -0.25) is 4.90 Å². The van der Waals surface area contributed by atoms with Crippen molar-refractivity contribution in [2.45, 2.75) is 30.0 Å². The van der Waals surface area contributed by atoms with Crippen LogP contribution in [0.15, 0.2) is 47.9 Å². The van der Waals surface area contributed by atoms with Crippen molar-refractivity contribution < 1.29 is 9.84 Å². The first-order valence-electron chi connectivity index (χ1n) is 8.26. The van der Waals surface area contributed by atoms with Gasteiger partial charge in [-0.2, -0.15) is 0 Å². The second-order valence-corrected chi connectivity index (χ2v) is 6.83. The smallest absolute Gasteiger partial charge is 0.187 e. The van der Waals surface area contributed by atoms with Crippen molar-refractivity contribution in [2.24, 2.45) is 0 Å². The summed E-state index contributed by atoms with van der Waals surface area (Å²) in [5.41, 5.74) is 2.39. The van der Waals surface area contributed by atoms with E-state index in [0.29, 0.717) is 6.42 Å². The predicted octanol–water partition coefficient (Wildman–Crippen LogP) is 2.35. The molecule has 0 saturated carbocycles. The standard InChI is InChI=1S/C18H23N3O2S/c22-8-6-17-13-21(7-9-23-17)12-16-10-19-18(20-11-16)24-14-15-4-2-1-3-5-15/h1-5,10-11,17,22H,6-9,12-14H2. The van der Waals surface area contributed by atoms with E-state index in [9.17, 15) is 0 Å². The van der Waals surface area contributed by atoms with Crippen LogP contribution in [-0.4, -0.2) is 52.4 Å². The summed E-state index contributed by atoms with van der Waals surface area (Å²) in [5.74, 6) is 0.881. The Morgan fingerprint density at radius 3 is 2.71 bits per heavy atom. The van der Waals surface area contributed by atoms with Crippen LogP contribution in [-0.2, 0) is 17.0 Å². The molecule has 0 amide bonds. The van der Waals surface area contributed by atoms with Crippen LogP contribution in [0.4, 0.5) is 0 Å². The number of thioether (sulfide) groups is 1. The maximum Gasteiger partial charge on any atom is 0.187 e. The molecule has 24 heavy (non-hydrogen) atoms. The quantitative estimate of drug-likeness (QED) is 0.614. The maximum absolute atomic E-state index is 9.04. The van der Waals surface area contributed by atoms with Gasteiger partial charge in [0, 0.05) is 50.0 Å². The van der Waals surface area contributed by atoms with Crippen molar-refractivity contribution in [3.8, 4) is 0 Å². The van der Waals surface area contributed by atoms with E-state index in [1.54, 1.807) is 11.8 Å². The molecular weight excluding hydrogens is 322 g/mol. The third kappa shape index (κ3) is 5.27. The molecule has 0 spiro atoms. The van der Waals surface area contributed by atoms with E-state index in [4.69, 9.17) is 9.84 Å². The van der Waals surface area contributed by atoms with Crippen molar-refractivity contribution in [1.29, 1.82) is 0 Å². The van der Waals surface area contributed by atoms with Crippen LogP contribution in [0.5, 0.6) is 0 Å². The molecule has 1 aliphatic heterocycles. The Bertz CT molecular complexity index is 607. The number of nitrogens with zero attached hydrogens (tertiary/aromatic N) is 3. The molecule has 1 aromatic carbocycles. The molecule has 1 aromatic heterocycles. The Hall–Kier alpha value is -1.47. The minimum Gasteiger partial charge on any atom is -0.396 e. The molecule has 6 heteroatoms. The maximum atomic E-state index is 9.04. The summed E-state index contributed by atoms with van der Waals surface area (Å²) in [6, 6.07) is 10.3. The lowest BCUT2D eigenvalue weighted by Crippen LogP contribution is -2.42. The van der Waals surface area contributed by atoms with Crippen LogP contribution in [0.3, 0.4) is 0 Å². The number of ether oxygens (including phenoxy) is 1. The van der Waals surface area contributed by atoms with E-state index in [1.165, 1.54) is 5.56 Å².